The molecule has 9 heteroatoms. The minimum absolute atomic E-state index is 0.0758. The molecular weight excluding hydrogens is 498 g/mol. The van der Waals surface area contributed by atoms with E-state index >= 15 is 0 Å². The number of aromatic amines is 1. The number of hydrogen-bond acceptors (Lipinski definition) is 4. The Balaban J connectivity index is 1.10. The zero-order chi connectivity index (χ0) is 26.8. The van der Waals surface area contributed by atoms with Gasteiger partial charge in [-0.1, -0.05) is 36.4 Å². The van der Waals surface area contributed by atoms with Crippen LogP contribution in [0, 0.1) is 11.6 Å². The lowest BCUT2D eigenvalue weighted by molar-refractivity contribution is 0.158. The summed E-state index contributed by atoms with van der Waals surface area (Å²) >= 11 is 0. The fourth-order valence-electron chi connectivity index (χ4n) is 5.51. The maximum absolute atomic E-state index is 14.1. The van der Waals surface area contributed by atoms with Crippen molar-refractivity contribution < 1.29 is 13.6 Å². The highest BCUT2D eigenvalue weighted by Gasteiger charge is 2.29. The molecule has 1 unspecified atom stereocenters. The van der Waals surface area contributed by atoms with Gasteiger partial charge in [0.1, 0.15) is 11.6 Å². The number of amides is 2. The van der Waals surface area contributed by atoms with Gasteiger partial charge >= 0.3 is 6.03 Å². The van der Waals surface area contributed by atoms with Gasteiger partial charge in [0.2, 0.25) is 0 Å². The van der Waals surface area contributed by atoms with E-state index < -0.39 is 11.6 Å². The molecule has 0 spiro atoms. The molecule has 1 fully saturated rings. The molecule has 0 aliphatic carbocycles. The van der Waals surface area contributed by atoms with Gasteiger partial charge in [-0.05, 0) is 43.7 Å². The minimum atomic E-state index is -0.536. The number of fused-ring (bicyclic) bond motifs is 1. The van der Waals surface area contributed by atoms with Crippen molar-refractivity contribution in [3.8, 4) is 22.5 Å². The Bertz CT molecular complexity index is 1440. The maximum atomic E-state index is 14.1. The molecule has 2 N–H and O–H groups in total. The third-order valence-electron chi connectivity index (χ3n) is 7.60. The monoisotopic (exact) mass is 528 g/mol. The van der Waals surface area contributed by atoms with Gasteiger partial charge in [-0.3, -0.25) is 15.0 Å². The number of aromatic nitrogens is 3. The normalized spacial score (nSPS) is 17.6. The lowest BCUT2D eigenvalue weighted by Crippen LogP contribution is -2.52. The van der Waals surface area contributed by atoms with Gasteiger partial charge in [-0.25, -0.2) is 13.6 Å². The van der Waals surface area contributed by atoms with Crippen molar-refractivity contribution in [3.05, 3.63) is 95.3 Å². The van der Waals surface area contributed by atoms with Crippen molar-refractivity contribution in [1.82, 2.24) is 30.3 Å². The van der Waals surface area contributed by atoms with Crippen molar-refractivity contribution in [2.24, 2.45) is 0 Å². The standard InChI is InChI=1S/C30H30F2N6O/c31-25-9-4-10-26(32)23(25)18-37-14-5-8-22(17-37)34-30(39)38-15-13-28-24(19-38)29(36-35-28)21-11-12-27(33-16-21)20-6-2-1-3-7-20/h1-4,6-7,9-12,16,22H,5,8,13-15,17-19H2,(H,34,39)(H,35,36). The van der Waals surface area contributed by atoms with Crippen molar-refractivity contribution in [3.63, 3.8) is 0 Å². The molecule has 0 saturated carbocycles. The summed E-state index contributed by atoms with van der Waals surface area (Å²) < 4.78 is 28.3. The van der Waals surface area contributed by atoms with E-state index in [1.165, 1.54) is 18.2 Å². The van der Waals surface area contributed by atoms with E-state index in [9.17, 15) is 13.6 Å². The minimum Gasteiger partial charge on any atom is -0.334 e. The lowest BCUT2D eigenvalue weighted by atomic mass is 10.0. The number of halogens is 2. The molecule has 39 heavy (non-hydrogen) atoms. The highest BCUT2D eigenvalue weighted by molar-refractivity contribution is 5.76. The van der Waals surface area contributed by atoms with Gasteiger partial charge in [0.25, 0.3) is 0 Å². The first-order valence-corrected chi connectivity index (χ1v) is 13.3. The van der Waals surface area contributed by atoms with Crippen LogP contribution in [0.25, 0.3) is 22.5 Å². The third-order valence-corrected chi connectivity index (χ3v) is 7.60. The molecule has 2 aliphatic heterocycles. The molecule has 4 heterocycles. The molecule has 0 radical (unpaired) electrons. The number of carbonyl (C=O) groups excluding carboxylic acids is 1. The summed E-state index contributed by atoms with van der Waals surface area (Å²) in [6.07, 6.45) is 4.20. The van der Waals surface area contributed by atoms with Crippen LogP contribution in [0.3, 0.4) is 0 Å². The molecular formula is C30H30F2N6O. The van der Waals surface area contributed by atoms with Gasteiger partial charge in [0.15, 0.2) is 0 Å². The van der Waals surface area contributed by atoms with Gasteiger partial charge in [0.05, 0.1) is 17.9 Å². The van der Waals surface area contributed by atoms with Gasteiger partial charge < -0.3 is 10.2 Å². The Morgan fingerprint density at radius 1 is 1.00 bits per heavy atom. The molecule has 7 nitrogen and oxygen atoms in total. The first kappa shape index (κ1) is 25.2. The summed E-state index contributed by atoms with van der Waals surface area (Å²) in [4.78, 5) is 21.7. The van der Waals surface area contributed by atoms with E-state index in [0.29, 0.717) is 26.1 Å². The zero-order valence-electron chi connectivity index (χ0n) is 21.5. The average Bonchev–Trinajstić information content (AvgIpc) is 3.39. The Labute approximate surface area is 225 Å². The first-order chi connectivity index (χ1) is 19.0. The smallest absolute Gasteiger partial charge is 0.317 e. The van der Waals surface area contributed by atoms with Crippen LogP contribution in [0.15, 0.2) is 66.9 Å². The number of urea groups is 1. The highest BCUT2D eigenvalue weighted by atomic mass is 19.1. The van der Waals surface area contributed by atoms with Crippen molar-refractivity contribution in [1.29, 1.82) is 0 Å². The average molecular weight is 529 g/mol. The zero-order valence-corrected chi connectivity index (χ0v) is 21.5. The molecule has 2 aromatic carbocycles. The third kappa shape index (κ3) is 5.40. The van der Waals surface area contributed by atoms with E-state index in [-0.39, 0.29) is 24.2 Å². The summed E-state index contributed by atoms with van der Waals surface area (Å²) in [5.41, 5.74) is 5.78. The van der Waals surface area contributed by atoms with Gasteiger partial charge in [-0.2, -0.15) is 5.10 Å². The molecule has 1 saturated heterocycles. The molecule has 6 rings (SSSR count). The van der Waals surface area contributed by atoms with Gasteiger partial charge in [-0.15, -0.1) is 0 Å². The second-order valence-corrected chi connectivity index (χ2v) is 10.2. The number of likely N-dealkylation sites (tertiary alicyclic amines) is 1. The Morgan fingerprint density at radius 2 is 1.82 bits per heavy atom. The van der Waals surface area contributed by atoms with Crippen LogP contribution in [0.1, 0.15) is 29.7 Å². The van der Waals surface area contributed by atoms with Crippen LogP contribution in [0.2, 0.25) is 0 Å². The molecule has 2 aromatic heterocycles. The number of rotatable bonds is 5. The molecule has 4 aromatic rings. The molecule has 1 atom stereocenters. The second-order valence-electron chi connectivity index (χ2n) is 10.2. The Morgan fingerprint density at radius 3 is 2.59 bits per heavy atom. The quantitative estimate of drug-likeness (QED) is 0.376. The predicted octanol–water partition coefficient (Wildman–Crippen LogP) is 5.15. The fraction of sp³-hybridized carbons (Fsp3) is 0.300. The number of nitrogens with zero attached hydrogens (tertiary/aromatic N) is 4. The summed E-state index contributed by atoms with van der Waals surface area (Å²) in [6, 6.07) is 17.7. The van der Waals surface area contributed by atoms with E-state index in [1.807, 2.05) is 58.5 Å². The van der Waals surface area contributed by atoms with E-state index in [2.05, 4.69) is 20.5 Å². The predicted molar refractivity (Wildman–Crippen MR) is 145 cm³/mol. The lowest BCUT2D eigenvalue weighted by Gasteiger charge is -2.35. The van der Waals surface area contributed by atoms with E-state index in [0.717, 1.165) is 53.2 Å². The number of piperidine rings is 1. The van der Waals surface area contributed by atoms with Crippen LogP contribution < -0.4 is 5.32 Å². The van der Waals surface area contributed by atoms with Crippen molar-refractivity contribution in [2.45, 2.75) is 38.4 Å². The van der Waals surface area contributed by atoms with E-state index in [4.69, 9.17) is 0 Å². The number of carbonyl (C=O) groups is 1. The largest absolute Gasteiger partial charge is 0.334 e. The number of nitrogens with one attached hydrogen (secondary N) is 2. The molecule has 0 bridgehead atoms. The van der Waals surface area contributed by atoms with E-state index in [1.54, 1.807) is 0 Å². The summed E-state index contributed by atoms with van der Waals surface area (Å²) in [7, 11) is 0. The summed E-state index contributed by atoms with van der Waals surface area (Å²) in [6.45, 7) is 2.51. The molecule has 2 amide bonds. The molecule has 200 valence electrons. The Hall–Kier alpha value is -4.11. The van der Waals surface area contributed by atoms with Crippen LogP contribution in [-0.2, 0) is 19.5 Å². The molecule has 2 aliphatic rings. The number of pyridine rings is 1. The highest BCUT2D eigenvalue weighted by Crippen LogP contribution is 2.29. The maximum Gasteiger partial charge on any atom is 0.317 e. The Kier molecular flexibility index (Phi) is 7.06. The summed E-state index contributed by atoms with van der Waals surface area (Å²) in [5.74, 6) is -1.07. The topological polar surface area (TPSA) is 77.2 Å². The van der Waals surface area contributed by atoms with Crippen molar-refractivity contribution >= 4 is 6.03 Å². The second kappa shape index (κ2) is 10.9. The SMILES string of the molecule is O=C(NC1CCCN(Cc2c(F)cccc2F)C1)N1CCc2[nH]nc(-c3ccc(-c4ccccc4)nc3)c2C1. The van der Waals surface area contributed by atoms with Gasteiger partial charge in [0, 0.05) is 66.2 Å². The van der Waals surface area contributed by atoms with Crippen LogP contribution in [-0.4, -0.2) is 56.7 Å². The van der Waals surface area contributed by atoms with Crippen LogP contribution in [0.5, 0.6) is 0 Å². The fourth-order valence-corrected chi connectivity index (χ4v) is 5.51. The van der Waals surface area contributed by atoms with Crippen LogP contribution in [0.4, 0.5) is 13.6 Å². The first-order valence-electron chi connectivity index (χ1n) is 13.3. The summed E-state index contributed by atoms with van der Waals surface area (Å²) in [5, 5.41) is 10.9. The number of benzene rings is 2. The number of hydrogen-bond donors (Lipinski definition) is 2. The van der Waals surface area contributed by atoms with Crippen molar-refractivity contribution in [2.75, 3.05) is 19.6 Å². The van der Waals surface area contributed by atoms with Crippen LogP contribution >= 0.6 is 0 Å². The number of H-pyrrole nitrogens is 1.